The van der Waals surface area contributed by atoms with E-state index in [1.54, 1.807) is 0 Å². The maximum atomic E-state index is 12.3. The molecule has 118 valence electrons. The third kappa shape index (κ3) is 5.97. The number of nitrogens with one attached hydrogen (secondary N) is 1. The van der Waals surface area contributed by atoms with E-state index in [0.29, 0.717) is 13.1 Å². The minimum Gasteiger partial charge on any atom is -0.315 e. The number of rotatable bonds is 6. The van der Waals surface area contributed by atoms with Crippen molar-refractivity contribution >= 4 is 0 Å². The summed E-state index contributed by atoms with van der Waals surface area (Å²) in [5.41, 5.74) is 0. The zero-order chi connectivity index (χ0) is 14.4. The number of piperazine rings is 1. The van der Waals surface area contributed by atoms with Crippen LogP contribution in [0.5, 0.6) is 0 Å². The van der Waals surface area contributed by atoms with Gasteiger partial charge < -0.3 is 5.32 Å². The molecule has 6 heteroatoms. The van der Waals surface area contributed by atoms with Crippen LogP contribution in [0.4, 0.5) is 13.2 Å². The Balaban J connectivity index is 1.51. The van der Waals surface area contributed by atoms with Gasteiger partial charge in [0.15, 0.2) is 0 Å². The molecule has 0 spiro atoms. The minimum absolute atomic E-state index is 0.530. The molecule has 1 aliphatic carbocycles. The van der Waals surface area contributed by atoms with Crippen molar-refractivity contribution in [3.8, 4) is 0 Å². The van der Waals surface area contributed by atoms with Crippen molar-refractivity contribution in [2.45, 2.75) is 31.9 Å². The normalized spacial score (nSPS) is 23.6. The molecular weight excluding hydrogens is 267 g/mol. The van der Waals surface area contributed by atoms with Gasteiger partial charge in [0.05, 0.1) is 6.54 Å². The van der Waals surface area contributed by atoms with E-state index in [0.717, 1.165) is 38.6 Å². The molecule has 1 saturated heterocycles. The van der Waals surface area contributed by atoms with Gasteiger partial charge in [-0.25, -0.2) is 0 Å². The van der Waals surface area contributed by atoms with Crippen LogP contribution in [-0.4, -0.2) is 68.3 Å². The zero-order valence-corrected chi connectivity index (χ0v) is 12.1. The molecule has 20 heavy (non-hydrogen) atoms. The molecular formula is C14H26F3N3. The molecule has 0 bridgehead atoms. The Labute approximate surface area is 119 Å². The minimum atomic E-state index is -4.06. The highest BCUT2D eigenvalue weighted by molar-refractivity contribution is 4.75. The first kappa shape index (κ1) is 16.0. The van der Waals surface area contributed by atoms with Gasteiger partial charge in [0, 0.05) is 39.3 Å². The smallest absolute Gasteiger partial charge is 0.315 e. The fourth-order valence-electron chi connectivity index (χ4n) is 3.18. The van der Waals surface area contributed by atoms with Gasteiger partial charge in [-0.2, -0.15) is 13.2 Å². The average molecular weight is 293 g/mol. The Bertz CT molecular complexity index is 269. The van der Waals surface area contributed by atoms with Crippen LogP contribution < -0.4 is 5.32 Å². The molecule has 1 heterocycles. The lowest BCUT2D eigenvalue weighted by Crippen LogP contribution is -2.50. The Hall–Kier alpha value is -0.330. The summed E-state index contributed by atoms with van der Waals surface area (Å²) < 4.78 is 36.8. The first-order chi connectivity index (χ1) is 9.53. The molecule has 2 rings (SSSR count). The summed E-state index contributed by atoms with van der Waals surface area (Å²) in [5, 5.41) is 3.49. The largest absolute Gasteiger partial charge is 0.401 e. The van der Waals surface area contributed by atoms with Crippen molar-refractivity contribution in [3.05, 3.63) is 0 Å². The summed E-state index contributed by atoms with van der Waals surface area (Å²) >= 11 is 0. The molecule has 1 saturated carbocycles. The van der Waals surface area contributed by atoms with Crippen molar-refractivity contribution in [3.63, 3.8) is 0 Å². The van der Waals surface area contributed by atoms with Crippen LogP contribution >= 0.6 is 0 Å². The molecule has 0 radical (unpaired) electrons. The van der Waals surface area contributed by atoms with Crippen molar-refractivity contribution in [2.75, 3.05) is 52.4 Å². The van der Waals surface area contributed by atoms with Gasteiger partial charge in [-0.05, 0) is 25.3 Å². The van der Waals surface area contributed by atoms with Crippen LogP contribution in [0.25, 0.3) is 0 Å². The number of hydrogen-bond donors (Lipinski definition) is 1. The van der Waals surface area contributed by atoms with Gasteiger partial charge in [0.25, 0.3) is 0 Å². The second-order valence-electron chi connectivity index (χ2n) is 6.09. The SMILES string of the molecule is FC(F)(F)CN1CCN(CCNCC2CCCC2)CC1. The fraction of sp³-hybridized carbons (Fsp3) is 1.00. The predicted molar refractivity (Wildman–Crippen MR) is 73.8 cm³/mol. The topological polar surface area (TPSA) is 18.5 Å². The van der Waals surface area contributed by atoms with Crippen LogP contribution in [0, 0.1) is 5.92 Å². The lowest BCUT2D eigenvalue weighted by Gasteiger charge is -2.35. The number of alkyl halides is 3. The summed E-state index contributed by atoms with van der Waals surface area (Å²) in [6.07, 6.45) is 1.37. The second-order valence-corrected chi connectivity index (χ2v) is 6.09. The lowest BCUT2D eigenvalue weighted by molar-refractivity contribution is -0.149. The zero-order valence-electron chi connectivity index (χ0n) is 12.1. The van der Waals surface area contributed by atoms with Gasteiger partial charge in [0.2, 0.25) is 0 Å². The van der Waals surface area contributed by atoms with E-state index in [1.807, 2.05) is 0 Å². The van der Waals surface area contributed by atoms with E-state index in [1.165, 1.54) is 30.6 Å². The Kier molecular flexibility index (Phi) is 6.11. The van der Waals surface area contributed by atoms with Crippen molar-refractivity contribution in [1.29, 1.82) is 0 Å². The summed E-state index contributed by atoms with van der Waals surface area (Å²) in [4.78, 5) is 3.76. The molecule has 2 fully saturated rings. The number of nitrogens with zero attached hydrogens (tertiary/aromatic N) is 2. The third-order valence-electron chi connectivity index (χ3n) is 4.38. The van der Waals surface area contributed by atoms with Gasteiger partial charge in [0.1, 0.15) is 0 Å². The molecule has 2 aliphatic rings. The molecule has 1 aliphatic heterocycles. The Morgan fingerprint density at radius 3 is 2.15 bits per heavy atom. The van der Waals surface area contributed by atoms with E-state index in [9.17, 15) is 13.2 Å². The maximum absolute atomic E-state index is 12.3. The van der Waals surface area contributed by atoms with Crippen LogP contribution in [0.3, 0.4) is 0 Å². The Morgan fingerprint density at radius 2 is 1.55 bits per heavy atom. The van der Waals surface area contributed by atoms with Crippen LogP contribution in [-0.2, 0) is 0 Å². The molecule has 0 atom stereocenters. The van der Waals surface area contributed by atoms with E-state index >= 15 is 0 Å². The fourth-order valence-corrected chi connectivity index (χ4v) is 3.18. The van der Waals surface area contributed by atoms with Gasteiger partial charge in [-0.3, -0.25) is 9.80 Å². The molecule has 0 amide bonds. The molecule has 0 aromatic carbocycles. The molecule has 1 N–H and O–H groups in total. The molecule has 0 aromatic heterocycles. The number of hydrogen-bond acceptors (Lipinski definition) is 3. The predicted octanol–water partition coefficient (Wildman–Crippen LogP) is 1.95. The highest BCUT2D eigenvalue weighted by Crippen LogP contribution is 2.23. The summed E-state index contributed by atoms with van der Waals surface area (Å²) in [7, 11) is 0. The summed E-state index contributed by atoms with van der Waals surface area (Å²) in [6.45, 7) is 4.81. The van der Waals surface area contributed by atoms with Crippen molar-refractivity contribution in [1.82, 2.24) is 15.1 Å². The number of halogens is 3. The van der Waals surface area contributed by atoms with Crippen molar-refractivity contribution in [2.24, 2.45) is 5.92 Å². The van der Waals surface area contributed by atoms with Crippen LogP contribution in [0.15, 0.2) is 0 Å². The lowest BCUT2D eigenvalue weighted by atomic mass is 10.1. The van der Waals surface area contributed by atoms with E-state index < -0.39 is 12.7 Å². The average Bonchev–Trinajstić information content (AvgIpc) is 2.88. The van der Waals surface area contributed by atoms with E-state index in [4.69, 9.17) is 0 Å². The van der Waals surface area contributed by atoms with Gasteiger partial charge in [-0.15, -0.1) is 0 Å². The highest BCUT2D eigenvalue weighted by atomic mass is 19.4. The van der Waals surface area contributed by atoms with E-state index in [-0.39, 0.29) is 0 Å². The first-order valence-corrected chi connectivity index (χ1v) is 7.75. The Morgan fingerprint density at radius 1 is 0.950 bits per heavy atom. The quantitative estimate of drug-likeness (QED) is 0.755. The van der Waals surface area contributed by atoms with Gasteiger partial charge in [-0.1, -0.05) is 12.8 Å². The molecule has 3 nitrogen and oxygen atoms in total. The first-order valence-electron chi connectivity index (χ1n) is 7.75. The highest BCUT2D eigenvalue weighted by Gasteiger charge is 2.31. The standard InChI is InChI=1S/C14H26F3N3/c15-14(16,17)12-20-9-7-19(8-10-20)6-5-18-11-13-3-1-2-4-13/h13,18H,1-12H2. The van der Waals surface area contributed by atoms with Gasteiger partial charge >= 0.3 is 6.18 Å². The van der Waals surface area contributed by atoms with E-state index in [2.05, 4.69) is 10.2 Å². The second kappa shape index (κ2) is 7.61. The summed E-state index contributed by atoms with van der Waals surface area (Å²) in [5.74, 6) is 0.846. The van der Waals surface area contributed by atoms with Crippen LogP contribution in [0.2, 0.25) is 0 Å². The van der Waals surface area contributed by atoms with Crippen molar-refractivity contribution < 1.29 is 13.2 Å². The van der Waals surface area contributed by atoms with Crippen LogP contribution in [0.1, 0.15) is 25.7 Å². The maximum Gasteiger partial charge on any atom is 0.401 e. The third-order valence-corrected chi connectivity index (χ3v) is 4.38. The molecule has 0 aromatic rings. The monoisotopic (exact) mass is 293 g/mol. The summed E-state index contributed by atoms with van der Waals surface area (Å²) in [6, 6.07) is 0. The molecule has 0 unspecified atom stereocenters.